The molecule has 5 heterocycles. The third kappa shape index (κ3) is 6.66. The molecule has 1 spiro atoms. The monoisotopic (exact) mass is 773 g/mol. The Morgan fingerprint density at radius 3 is 2.64 bits per heavy atom. The van der Waals surface area contributed by atoms with Gasteiger partial charge in [-0.25, -0.2) is 8.78 Å². The fraction of sp³-hybridized carbons (Fsp3) is 0.605. The topological polar surface area (TPSA) is 134 Å². The summed E-state index contributed by atoms with van der Waals surface area (Å²) in [4.78, 5) is 18.8. The zero-order valence-corrected chi connectivity index (χ0v) is 32.4. The van der Waals surface area contributed by atoms with Crippen LogP contribution in [0.4, 0.5) is 14.6 Å². The predicted molar refractivity (Wildman–Crippen MR) is 208 cm³/mol. The van der Waals surface area contributed by atoms with Crippen LogP contribution in [0.15, 0.2) is 30.5 Å². The number of phenols is 1. The number of aliphatic hydroxyl groups is 2. The number of rotatable bonds is 8. The van der Waals surface area contributed by atoms with Crippen LogP contribution in [0, 0.1) is 22.5 Å². The number of benzene rings is 2. The van der Waals surface area contributed by atoms with Crippen LogP contribution in [-0.4, -0.2) is 112 Å². The van der Waals surface area contributed by atoms with Crippen molar-refractivity contribution < 1.29 is 38.3 Å². The summed E-state index contributed by atoms with van der Waals surface area (Å²) in [6.07, 6.45) is 11.4. The highest BCUT2D eigenvalue weighted by molar-refractivity contribution is 6.01. The lowest BCUT2D eigenvalue weighted by atomic mass is 9.60. The quantitative estimate of drug-likeness (QED) is 0.186. The van der Waals surface area contributed by atoms with Crippen LogP contribution >= 0.6 is 0 Å². The number of fused-ring (bicyclic) bond motifs is 3. The number of aromatic nitrogens is 3. The van der Waals surface area contributed by atoms with Gasteiger partial charge in [-0.3, -0.25) is 9.88 Å². The van der Waals surface area contributed by atoms with Crippen LogP contribution in [0.1, 0.15) is 77.2 Å². The number of hydrogen-bond acceptors (Lipinski definition) is 11. The van der Waals surface area contributed by atoms with Crippen LogP contribution in [-0.2, 0) is 15.9 Å². The first kappa shape index (κ1) is 37.8. The Kier molecular flexibility index (Phi) is 9.84. The van der Waals surface area contributed by atoms with E-state index in [1.807, 2.05) is 6.92 Å². The molecule has 3 aliphatic heterocycles. The van der Waals surface area contributed by atoms with Gasteiger partial charge in [0.15, 0.2) is 5.82 Å². The van der Waals surface area contributed by atoms with E-state index in [1.165, 1.54) is 37.2 Å². The molecule has 5 fully saturated rings. The van der Waals surface area contributed by atoms with E-state index in [2.05, 4.69) is 9.88 Å². The Morgan fingerprint density at radius 2 is 1.86 bits per heavy atom. The fourth-order valence-corrected chi connectivity index (χ4v) is 10.9. The van der Waals surface area contributed by atoms with Crippen molar-refractivity contribution in [2.24, 2.45) is 10.8 Å². The molecule has 3 saturated heterocycles. The Hall–Kier alpha value is -3.75. The molecule has 2 saturated carbocycles. The minimum absolute atomic E-state index is 0.00491. The number of anilines is 1. The van der Waals surface area contributed by atoms with Crippen molar-refractivity contribution in [2.45, 2.75) is 102 Å². The molecule has 5 aliphatic rings. The number of aromatic hydroxyl groups is 1. The normalized spacial score (nSPS) is 28.4. The maximum atomic E-state index is 17.3. The second-order valence-corrected chi connectivity index (χ2v) is 17.6. The molecule has 0 amide bonds. The predicted octanol–water partition coefficient (Wildman–Crippen LogP) is 6.31. The maximum absolute atomic E-state index is 17.3. The van der Waals surface area contributed by atoms with Gasteiger partial charge in [0, 0.05) is 49.0 Å². The smallest absolute Gasteiger partial charge is 0.319 e. The molecule has 0 bridgehead atoms. The summed E-state index contributed by atoms with van der Waals surface area (Å²) in [6.45, 7) is 6.67. The van der Waals surface area contributed by atoms with E-state index in [1.54, 1.807) is 17.9 Å². The zero-order valence-electron chi connectivity index (χ0n) is 32.4. The van der Waals surface area contributed by atoms with E-state index in [0.29, 0.717) is 52.7 Å². The Bertz CT molecular complexity index is 2120. The van der Waals surface area contributed by atoms with Gasteiger partial charge in [-0.05, 0) is 111 Å². The first-order valence-electron chi connectivity index (χ1n) is 20.5. The summed E-state index contributed by atoms with van der Waals surface area (Å²) in [5, 5.41) is 33.5. The fourth-order valence-electron chi connectivity index (χ4n) is 10.9. The van der Waals surface area contributed by atoms with Crippen LogP contribution in [0.3, 0.4) is 0 Å². The molecule has 56 heavy (non-hydrogen) atoms. The number of piperidine rings is 1. The number of hydrogen-bond donors (Lipinski definition) is 3. The van der Waals surface area contributed by atoms with Crippen LogP contribution in [0.2, 0.25) is 0 Å². The summed E-state index contributed by atoms with van der Waals surface area (Å²) in [6, 6.07) is 6.84. The molecule has 2 aromatic carbocycles. The third-order valence-corrected chi connectivity index (χ3v) is 13.7. The molecule has 0 radical (unpaired) electrons. The molecule has 4 aromatic rings. The molecular formula is C43H53F2N5O6. The van der Waals surface area contributed by atoms with Gasteiger partial charge in [0.1, 0.15) is 34.2 Å². The Balaban J connectivity index is 1.11. The Labute approximate surface area is 326 Å². The largest absolute Gasteiger partial charge is 0.508 e. The molecule has 3 N–H and O–H groups in total. The van der Waals surface area contributed by atoms with Gasteiger partial charge in [0.25, 0.3) is 0 Å². The highest BCUT2D eigenvalue weighted by Crippen LogP contribution is 2.56. The van der Waals surface area contributed by atoms with Gasteiger partial charge in [0.2, 0.25) is 0 Å². The van der Waals surface area contributed by atoms with E-state index in [4.69, 9.17) is 24.2 Å². The molecule has 13 heteroatoms. The summed E-state index contributed by atoms with van der Waals surface area (Å²) < 4.78 is 50.6. The van der Waals surface area contributed by atoms with Gasteiger partial charge in [-0.15, -0.1) is 0 Å². The number of aryl methyl sites for hydroxylation is 1. The van der Waals surface area contributed by atoms with Gasteiger partial charge >= 0.3 is 6.01 Å². The zero-order chi connectivity index (χ0) is 38.8. The summed E-state index contributed by atoms with van der Waals surface area (Å²) >= 11 is 0. The van der Waals surface area contributed by atoms with Crippen LogP contribution in [0.5, 0.6) is 11.8 Å². The summed E-state index contributed by atoms with van der Waals surface area (Å²) in [7, 11) is 0. The maximum Gasteiger partial charge on any atom is 0.319 e. The second-order valence-electron chi connectivity index (χ2n) is 17.6. The van der Waals surface area contributed by atoms with Crippen LogP contribution < -0.4 is 9.64 Å². The van der Waals surface area contributed by atoms with Gasteiger partial charge in [-0.1, -0.05) is 19.4 Å². The molecule has 0 unspecified atom stereocenters. The molecule has 300 valence electrons. The van der Waals surface area contributed by atoms with Gasteiger partial charge in [0.05, 0.1) is 37.9 Å². The minimum Gasteiger partial charge on any atom is -0.508 e. The highest BCUT2D eigenvalue weighted by atomic mass is 19.1. The van der Waals surface area contributed by atoms with Crippen molar-refractivity contribution in [3.8, 4) is 23.0 Å². The van der Waals surface area contributed by atoms with Crippen LogP contribution in [0.25, 0.3) is 32.9 Å². The highest BCUT2D eigenvalue weighted by Gasteiger charge is 2.55. The van der Waals surface area contributed by atoms with Crippen molar-refractivity contribution >= 4 is 27.5 Å². The third-order valence-electron chi connectivity index (χ3n) is 13.7. The number of β-amino-alcohol motifs (C(OH)–C–C–N with tert-alkyl or cyclic N) is 1. The molecule has 2 aliphatic carbocycles. The summed E-state index contributed by atoms with van der Waals surface area (Å²) in [5.74, 6) is -0.990. The first-order chi connectivity index (χ1) is 27.0. The second kappa shape index (κ2) is 14.6. The van der Waals surface area contributed by atoms with Crippen molar-refractivity contribution in [3.05, 3.63) is 47.7 Å². The molecular weight excluding hydrogens is 720 g/mol. The molecule has 4 atom stereocenters. The number of pyridine rings is 1. The van der Waals surface area contributed by atoms with E-state index >= 15 is 8.78 Å². The number of halogens is 2. The van der Waals surface area contributed by atoms with Crippen molar-refractivity contribution in [1.29, 1.82) is 0 Å². The average molecular weight is 774 g/mol. The SMILES string of the molecule is CCc1c(F)ccc2cc(O)cc(-c3ncc4c(N5C[C@H](CO)OC[C@@](C)(O)C5)nc(OC[C@]56CCC[C@H]5N(C5CC7(CCOCC7)C5)CCC6)nc4c3F)c12. The number of aliphatic hydroxyl groups excluding tert-OH is 1. The van der Waals surface area contributed by atoms with E-state index in [-0.39, 0.29) is 65.6 Å². The van der Waals surface area contributed by atoms with E-state index in [0.717, 1.165) is 64.7 Å². The number of likely N-dealkylation sites (tertiary alicyclic amines) is 1. The van der Waals surface area contributed by atoms with E-state index in [9.17, 15) is 15.3 Å². The van der Waals surface area contributed by atoms with Gasteiger partial charge in [-0.2, -0.15) is 9.97 Å². The lowest BCUT2D eigenvalue weighted by Gasteiger charge is -2.58. The lowest BCUT2D eigenvalue weighted by molar-refractivity contribution is -0.112. The number of phenolic OH excluding ortho intramolecular Hbond substituents is 1. The summed E-state index contributed by atoms with van der Waals surface area (Å²) in [5.41, 5.74) is -0.451. The average Bonchev–Trinajstić information content (AvgIpc) is 3.55. The minimum atomic E-state index is -1.30. The Morgan fingerprint density at radius 1 is 1.05 bits per heavy atom. The lowest BCUT2D eigenvalue weighted by Crippen LogP contribution is -2.61. The van der Waals surface area contributed by atoms with Gasteiger partial charge < -0.3 is 34.4 Å². The first-order valence-corrected chi connectivity index (χ1v) is 20.5. The van der Waals surface area contributed by atoms with E-state index < -0.39 is 23.3 Å². The molecule has 9 rings (SSSR count). The standard InChI is InChI=1S/C43H53F2N5O6/c1-3-30-33(44)8-7-26-16-28(52)17-31(35(26)30)37-36(45)38-32(20-46-37)39(49-21-29(22-51)55-24-41(2,53)23-49)48-40(47-38)56-25-43-9-4-6-34(43)50(13-5-10-43)27-18-42(19-27)11-14-54-15-12-42/h7-8,16-17,20,27,29,34,51-53H,3-6,9-15,18-19,21-25H2,1-2H3/t29-,34-,41+,43-/m1/s1. The number of nitrogens with zero attached hydrogens (tertiary/aromatic N) is 5. The number of ether oxygens (including phenoxy) is 3. The van der Waals surface area contributed by atoms with Crippen molar-refractivity contribution in [1.82, 2.24) is 19.9 Å². The molecule has 11 nitrogen and oxygen atoms in total. The van der Waals surface area contributed by atoms with Crippen molar-refractivity contribution in [2.75, 3.05) is 57.6 Å². The molecule has 2 aromatic heterocycles. The van der Waals surface area contributed by atoms with Crippen molar-refractivity contribution in [3.63, 3.8) is 0 Å².